The Bertz CT molecular complexity index is 1000. The fourth-order valence-corrected chi connectivity index (χ4v) is 3.83. The monoisotopic (exact) mass is 351 g/mol. The highest BCUT2D eigenvalue weighted by molar-refractivity contribution is 7.98. The molecule has 5 heteroatoms. The fraction of sp³-hybridized carbons (Fsp3) is 0.100. The maximum absolute atomic E-state index is 13.2. The summed E-state index contributed by atoms with van der Waals surface area (Å²) in [5.74, 6) is -0.217. The molecule has 0 aliphatic carbocycles. The summed E-state index contributed by atoms with van der Waals surface area (Å²) in [5.41, 5.74) is 4.62. The lowest BCUT2D eigenvalue weighted by Crippen LogP contribution is -2.03. The number of nitrogens with zero attached hydrogens (tertiary/aromatic N) is 1. The highest BCUT2D eigenvalue weighted by Gasteiger charge is 2.11. The second kappa shape index (κ2) is 6.78. The average Bonchev–Trinajstić information content (AvgIpc) is 3.23. The number of halogens is 1. The normalized spacial score (nSPS) is 11.3. The molecular weight excluding hydrogens is 333 g/mol. The molecule has 0 aliphatic rings. The van der Waals surface area contributed by atoms with E-state index in [9.17, 15) is 4.39 Å². The molecule has 0 unspecified atom stereocenters. The SMILES string of the molecule is CNCc1cc(-c2ccc3[nH]ccc3c2)n(Sc2ccc(F)cc2)c1. The van der Waals surface area contributed by atoms with Gasteiger partial charge in [0.2, 0.25) is 0 Å². The van der Waals surface area contributed by atoms with Gasteiger partial charge >= 0.3 is 0 Å². The lowest BCUT2D eigenvalue weighted by molar-refractivity contribution is 0.626. The van der Waals surface area contributed by atoms with Crippen molar-refractivity contribution in [3.8, 4) is 11.3 Å². The van der Waals surface area contributed by atoms with Crippen LogP contribution < -0.4 is 5.32 Å². The van der Waals surface area contributed by atoms with Gasteiger partial charge < -0.3 is 10.3 Å². The van der Waals surface area contributed by atoms with Gasteiger partial charge in [0.25, 0.3) is 0 Å². The molecule has 2 aromatic carbocycles. The summed E-state index contributed by atoms with van der Waals surface area (Å²) in [6, 6.07) is 17.3. The van der Waals surface area contributed by atoms with E-state index in [-0.39, 0.29) is 5.82 Å². The van der Waals surface area contributed by atoms with Crippen molar-refractivity contribution in [1.29, 1.82) is 0 Å². The molecule has 0 saturated carbocycles. The Morgan fingerprint density at radius 3 is 2.72 bits per heavy atom. The Hall–Kier alpha value is -2.50. The van der Waals surface area contributed by atoms with Crippen LogP contribution in [0.5, 0.6) is 0 Å². The van der Waals surface area contributed by atoms with Crippen molar-refractivity contribution in [3.05, 3.63) is 78.4 Å². The summed E-state index contributed by atoms with van der Waals surface area (Å²) < 4.78 is 15.3. The van der Waals surface area contributed by atoms with Gasteiger partial charge in [0.05, 0.1) is 5.69 Å². The Morgan fingerprint density at radius 1 is 1.08 bits per heavy atom. The van der Waals surface area contributed by atoms with Gasteiger partial charge in [0.1, 0.15) is 5.82 Å². The van der Waals surface area contributed by atoms with Crippen LogP contribution in [0.2, 0.25) is 0 Å². The zero-order valence-electron chi connectivity index (χ0n) is 13.8. The molecule has 0 aliphatic heterocycles. The number of aromatic amines is 1. The first-order valence-electron chi connectivity index (χ1n) is 8.10. The van der Waals surface area contributed by atoms with Gasteiger partial charge in [0, 0.05) is 34.7 Å². The quantitative estimate of drug-likeness (QED) is 0.527. The number of hydrogen-bond acceptors (Lipinski definition) is 2. The van der Waals surface area contributed by atoms with Crippen molar-refractivity contribution in [2.24, 2.45) is 0 Å². The lowest BCUT2D eigenvalue weighted by Gasteiger charge is -2.08. The van der Waals surface area contributed by atoms with E-state index in [0.29, 0.717) is 0 Å². The summed E-state index contributed by atoms with van der Waals surface area (Å²) >= 11 is 1.59. The number of fused-ring (bicyclic) bond motifs is 1. The van der Waals surface area contributed by atoms with Crippen LogP contribution in [0.4, 0.5) is 4.39 Å². The predicted molar refractivity (Wildman–Crippen MR) is 102 cm³/mol. The average molecular weight is 351 g/mol. The molecule has 0 bridgehead atoms. The second-order valence-electron chi connectivity index (χ2n) is 5.91. The topological polar surface area (TPSA) is 32.8 Å². The van der Waals surface area contributed by atoms with Crippen LogP contribution in [0.3, 0.4) is 0 Å². The number of rotatable bonds is 5. The van der Waals surface area contributed by atoms with E-state index in [0.717, 1.165) is 28.2 Å². The summed E-state index contributed by atoms with van der Waals surface area (Å²) in [7, 11) is 1.94. The molecule has 0 saturated heterocycles. The molecule has 25 heavy (non-hydrogen) atoms. The summed E-state index contributed by atoms with van der Waals surface area (Å²) in [6.07, 6.45) is 4.08. The molecule has 2 aromatic heterocycles. The van der Waals surface area contributed by atoms with Crippen LogP contribution in [-0.4, -0.2) is 16.0 Å². The maximum atomic E-state index is 13.2. The minimum atomic E-state index is -0.217. The van der Waals surface area contributed by atoms with Crippen LogP contribution in [0.15, 0.2) is 71.9 Å². The predicted octanol–water partition coefficient (Wildman–Crippen LogP) is 5.05. The van der Waals surface area contributed by atoms with E-state index in [1.807, 2.05) is 13.2 Å². The molecule has 0 spiro atoms. The van der Waals surface area contributed by atoms with Crippen LogP contribution in [0.1, 0.15) is 5.56 Å². The number of hydrogen-bond donors (Lipinski definition) is 2. The third-order valence-corrected chi connectivity index (χ3v) is 5.07. The van der Waals surface area contributed by atoms with Crippen molar-refractivity contribution >= 4 is 22.9 Å². The number of aromatic nitrogens is 2. The van der Waals surface area contributed by atoms with Gasteiger partial charge in [-0.2, -0.15) is 0 Å². The number of benzene rings is 2. The van der Waals surface area contributed by atoms with Crippen molar-refractivity contribution in [2.75, 3.05) is 7.05 Å². The first kappa shape index (κ1) is 16.0. The molecule has 4 aromatic rings. The molecular formula is C20H18FN3S. The van der Waals surface area contributed by atoms with Crippen LogP contribution >= 0.6 is 11.9 Å². The van der Waals surface area contributed by atoms with Gasteiger partial charge in [0.15, 0.2) is 0 Å². The van der Waals surface area contributed by atoms with Crippen molar-refractivity contribution in [2.45, 2.75) is 11.4 Å². The molecule has 0 radical (unpaired) electrons. The van der Waals surface area contributed by atoms with E-state index < -0.39 is 0 Å². The third kappa shape index (κ3) is 3.34. The molecule has 3 nitrogen and oxygen atoms in total. The van der Waals surface area contributed by atoms with Crippen LogP contribution in [-0.2, 0) is 6.54 Å². The highest BCUT2D eigenvalue weighted by atomic mass is 32.2. The summed E-state index contributed by atoms with van der Waals surface area (Å²) in [5, 5.41) is 4.38. The molecule has 2 N–H and O–H groups in total. The van der Waals surface area contributed by atoms with Crippen molar-refractivity contribution in [1.82, 2.24) is 14.3 Å². The number of nitrogens with one attached hydrogen (secondary N) is 2. The Morgan fingerprint density at radius 2 is 1.92 bits per heavy atom. The van der Waals surface area contributed by atoms with E-state index in [1.165, 1.54) is 23.1 Å². The molecule has 4 rings (SSSR count). The fourth-order valence-electron chi connectivity index (χ4n) is 2.91. The first-order chi connectivity index (χ1) is 12.2. The highest BCUT2D eigenvalue weighted by Crippen LogP contribution is 2.32. The number of H-pyrrole nitrogens is 1. The Kier molecular flexibility index (Phi) is 4.34. The van der Waals surface area contributed by atoms with Crippen LogP contribution in [0, 0.1) is 5.82 Å². The second-order valence-corrected chi connectivity index (χ2v) is 6.96. The zero-order chi connectivity index (χ0) is 17.2. The minimum Gasteiger partial charge on any atom is -0.361 e. The molecule has 0 fully saturated rings. The third-order valence-electron chi connectivity index (χ3n) is 4.09. The molecule has 2 heterocycles. The van der Waals surface area contributed by atoms with Gasteiger partial charge in [-0.25, -0.2) is 4.39 Å². The van der Waals surface area contributed by atoms with Gasteiger partial charge in [-0.15, -0.1) is 0 Å². The van der Waals surface area contributed by atoms with Crippen molar-refractivity contribution in [3.63, 3.8) is 0 Å². The molecule has 0 atom stereocenters. The van der Waals surface area contributed by atoms with Crippen LogP contribution in [0.25, 0.3) is 22.2 Å². The standard InChI is InChI=1S/C20H18FN3S/c1-22-12-14-10-20(16-2-7-19-15(11-16)8-9-23-19)24(13-14)25-18-5-3-17(21)4-6-18/h2-11,13,22-23H,12H2,1H3. The maximum Gasteiger partial charge on any atom is 0.123 e. The molecule has 126 valence electrons. The largest absolute Gasteiger partial charge is 0.361 e. The summed E-state index contributed by atoms with van der Waals surface area (Å²) in [6.45, 7) is 0.802. The van der Waals surface area contributed by atoms with E-state index >= 15 is 0 Å². The minimum absolute atomic E-state index is 0.217. The van der Waals surface area contributed by atoms with Gasteiger partial charge in [-0.05, 0) is 78.7 Å². The summed E-state index contributed by atoms with van der Waals surface area (Å²) in [4.78, 5) is 4.22. The van der Waals surface area contributed by atoms with E-state index in [1.54, 1.807) is 24.1 Å². The van der Waals surface area contributed by atoms with E-state index in [4.69, 9.17) is 0 Å². The van der Waals surface area contributed by atoms with E-state index in [2.05, 4.69) is 50.8 Å². The lowest BCUT2D eigenvalue weighted by atomic mass is 10.1. The molecule has 0 amide bonds. The van der Waals surface area contributed by atoms with Gasteiger partial charge in [-0.3, -0.25) is 3.97 Å². The Labute approximate surface area is 150 Å². The van der Waals surface area contributed by atoms with Crippen molar-refractivity contribution < 1.29 is 4.39 Å². The van der Waals surface area contributed by atoms with Gasteiger partial charge in [-0.1, -0.05) is 6.07 Å². The Balaban J connectivity index is 1.75. The first-order valence-corrected chi connectivity index (χ1v) is 8.87. The smallest absolute Gasteiger partial charge is 0.123 e. The zero-order valence-corrected chi connectivity index (χ0v) is 14.6.